The van der Waals surface area contributed by atoms with Gasteiger partial charge >= 0.3 is 0 Å². The van der Waals surface area contributed by atoms with Gasteiger partial charge in [0.1, 0.15) is 23.1 Å². The number of benzene rings is 1. The molecule has 1 atom stereocenters. The summed E-state index contributed by atoms with van der Waals surface area (Å²) in [5.41, 5.74) is 3.53. The van der Waals surface area contributed by atoms with Crippen molar-refractivity contribution in [2.45, 2.75) is 79.0 Å². The second-order valence-corrected chi connectivity index (χ2v) is 9.75. The van der Waals surface area contributed by atoms with E-state index in [9.17, 15) is 4.79 Å². The van der Waals surface area contributed by atoms with Crippen molar-refractivity contribution in [3.8, 4) is 22.9 Å². The van der Waals surface area contributed by atoms with E-state index in [1.807, 2.05) is 42.6 Å². The summed E-state index contributed by atoms with van der Waals surface area (Å²) in [6.07, 6.45) is 4.20. The fourth-order valence-electron chi connectivity index (χ4n) is 4.12. The molecule has 0 aliphatic carbocycles. The minimum Gasteiger partial charge on any atom is -0.497 e. The number of unbranched alkanes of at least 4 members (excludes halogenated alkanes) is 1. The minimum absolute atomic E-state index is 0.000560. The van der Waals surface area contributed by atoms with E-state index in [-0.39, 0.29) is 18.0 Å². The Morgan fingerprint density at radius 2 is 1.88 bits per heavy atom. The summed E-state index contributed by atoms with van der Waals surface area (Å²) in [6.45, 7) is 11.0. The Bertz CT molecular complexity index is 1070. The van der Waals surface area contributed by atoms with Crippen LogP contribution in [0.1, 0.15) is 80.5 Å². The molecule has 0 saturated carbocycles. The first-order valence-corrected chi connectivity index (χ1v) is 13.0. The van der Waals surface area contributed by atoms with E-state index < -0.39 is 0 Å². The monoisotopic (exact) mass is 483 g/mol. The lowest BCUT2D eigenvalue weighted by Crippen LogP contribution is -2.34. The summed E-state index contributed by atoms with van der Waals surface area (Å²) >= 11 is 1.56. The van der Waals surface area contributed by atoms with Crippen molar-refractivity contribution >= 4 is 17.2 Å². The number of aromatic nitrogens is 2. The van der Waals surface area contributed by atoms with Gasteiger partial charge < -0.3 is 19.4 Å². The highest BCUT2D eigenvalue weighted by Crippen LogP contribution is 2.31. The molecule has 1 unspecified atom stereocenters. The van der Waals surface area contributed by atoms with Crippen LogP contribution in [0.15, 0.2) is 35.7 Å². The number of methoxy groups -OCH3 is 1. The highest BCUT2D eigenvalue weighted by molar-refractivity contribution is 7.09. The smallest absolute Gasteiger partial charge is 0.253 e. The lowest BCUT2D eigenvalue weighted by Gasteiger charge is -2.17. The molecule has 184 valence electrons. The Kier molecular flexibility index (Phi) is 9.16. The predicted molar refractivity (Wildman–Crippen MR) is 139 cm³/mol. The molecule has 0 spiro atoms. The van der Waals surface area contributed by atoms with Gasteiger partial charge in [-0.05, 0) is 63.9 Å². The van der Waals surface area contributed by atoms with Gasteiger partial charge in [-0.3, -0.25) is 4.79 Å². The zero-order valence-electron chi connectivity index (χ0n) is 21.2. The zero-order chi connectivity index (χ0) is 24.7. The van der Waals surface area contributed by atoms with E-state index in [4.69, 9.17) is 14.5 Å². The number of amides is 1. The first kappa shape index (κ1) is 25.8. The number of hydrogen-bond acceptors (Lipinski definition) is 5. The molecule has 3 aromatic rings. The van der Waals surface area contributed by atoms with Crippen molar-refractivity contribution in [2.24, 2.45) is 0 Å². The normalized spacial score (nSPS) is 12.1. The van der Waals surface area contributed by atoms with Crippen LogP contribution >= 0.6 is 11.3 Å². The number of carbonyl (C=O) groups excluding carboxylic acids is 1. The standard InChI is InChI=1S/C27H37N3O3S/c1-7-9-10-20(8-2)28-27(31)23-15-25(30(18(3)4)19(23)5)24-17-34-26(29-24)16-33-22-13-11-21(32-6)12-14-22/h11-15,17-18,20H,7-10,16H2,1-6H3,(H,28,31). The molecule has 6 nitrogen and oxygen atoms in total. The molecule has 0 aliphatic rings. The van der Waals surface area contributed by atoms with Gasteiger partial charge in [0.15, 0.2) is 0 Å². The van der Waals surface area contributed by atoms with Crippen molar-refractivity contribution in [2.75, 3.05) is 7.11 Å². The number of rotatable bonds is 12. The Balaban J connectivity index is 1.78. The fraction of sp³-hybridized carbons (Fsp3) is 0.481. The summed E-state index contributed by atoms with van der Waals surface area (Å²) in [4.78, 5) is 18.0. The summed E-state index contributed by atoms with van der Waals surface area (Å²) in [5, 5.41) is 6.17. The van der Waals surface area contributed by atoms with Crippen molar-refractivity contribution in [1.29, 1.82) is 0 Å². The zero-order valence-corrected chi connectivity index (χ0v) is 22.0. The maximum Gasteiger partial charge on any atom is 0.253 e. The first-order chi connectivity index (χ1) is 16.4. The van der Waals surface area contributed by atoms with Crippen LogP contribution in [-0.4, -0.2) is 28.6 Å². The average molecular weight is 484 g/mol. The van der Waals surface area contributed by atoms with E-state index >= 15 is 0 Å². The minimum atomic E-state index is -0.000560. The van der Waals surface area contributed by atoms with Gasteiger partial charge in [0.05, 0.1) is 24.1 Å². The molecule has 0 bridgehead atoms. The average Bonchev–Trinajstić information content (AvgIpc) is 3.44. The van der Waals surface area contributed by atoms with Crippen molar-refractivity contribution in [3.05, 3.63) is 52.0 Å². The van der Waals surface area contributed by atoms with Crippen molar-refractivity contribution in [1.82, 2.24) is 14.9 Å². The van der Waals surface area contributed by atoms with Crippen molar-refractivity contribution in [3.63, 3.8) is 0 Å². The maximum absolute atomic E-state index is 13.2. The lowest BCUT2D eigenvalue weighted by molar-refractivity contribution is 0.0932. The Hall–Kier alpha value is -2.80. The number of hydrogen-bond donors (Lipinski definition) is 1. The van der Waals surface area contributed by atoms with E-state index in [0.29, 0.717) is 6.61 Å². The molecule has 2 heterocycles. The number of ether oxygens (including phenoxy) is 2. The van der Waals surface area contributed by atoms with E-state index in [1.54, 1.807) is 18.4 Å². The van der Waals surface area contributed by atoms with Crippen LogP contribution in [0.4, 0.5) is 0 Å². The van der Waals surface area contributed by atoms with Gasteiger partial charge in [0.25, 0.3) is 5.91 Å². The quantitative estimate of drug-likeness (QED) is 0.308. The second kappa shape index (κ2) is 12.1. The molecular formula is C27H37N3O3S. The molecule has 0 saturated heterocycles. The van der Waals surface area contributed by atoms with Crippen LogP contribution in [0.5, 0.6) is 11.5 Å². The maximum atomic E-state index is 13.2. The molecule has 34 heavy (non-hydrogen) atoms. The third kappa shape index (κ3) is 6.20. The predicted octanol–water partition coefficient (Wildman–Crippen LogP) is 6.79. The number of carbonyl (C=O) groups is 1. The first-order valence-electron chi connectivity index (χ1n) is 12.1. The third-order valence-corrected chi connectivity index (χ3v) is 6.85. The van der Waals surface area contributed by atoms with Gasteiger partial charge in [-0.1, -0.05) is 26.7 Å². The Morgan fingerprint density at radius 1 is 1.18 bits per heavy atom. The summed E-state index contributed by atoms with van der Waals surface area (Å²) < 4.78 is 13.3. The van der Waals surface area contributed by atoms with Gasteiger partial charge in [-0.2, -0.15) is 0 Å². The Labute approximate surface area is 207 Å². The topological polar surface area (TPSA) is 65.4 Å². The van der Waals surface area contributed by atoms with Crippen molar-refractivity contribution < 1.29 is 14.3 Å². The largest absolute Gasteiger partial charge is 0.497 e. The van der Waals surface area contributed by atoms with Gasteiger partial charge in [0.2, 0.25) is 0 Å². The number of nitrogens with one attached hydrogen (secondary N) is 1. The molecule has 3 rings (SSSR count). The summed E-state index contributed by atoms with van der Waals surface area (Å²) in [7, 11) is 1.64. The molecule has 0 fully saturated rings. The molecule has 7 heteroatoms. The van der Waals surface area contributed by atoms with Crippen LogP contribution in [0.3, 0.4) is 0 Å². The summed E-state index contributed by atoms with van der Waals surface area (Å²) in [5.74, 6) is 1.56. The molecule has 0 aliphatic heterocycles. The van der Waals surface area contributed by atoms with Gasteiger partial charge in [0, 0.05) is 23.2 Å². The highest BCUT2D eigenvalue weighted by atomic mass is 32.1. The molecule has 2 aromatic heterocycles. The molecule has 1 amide bonds. The molecule has 1 N–H and O–H groups in total. The van der Waals surface area contributed by atoms with Gasteiger partial charge in [-0.15, -0.1) is 11.3 Å². The van der Waals surface area contributed by atoms with Crippen LogP contribution in [0.25, 0.3) is 11.4 Å². The second-order valence-electron chi connectivity index (χ2n) is 8.80. The molecule has 1 aromatic carbocycles. The summed E-state index contributed by atoms with van der Waals surface area (Å²) in [6, 6.07) is 9.92. The number of thiazole rings is 1. The van der Waals surface area contributed by atoms with Crippen LogP contribution in [-0.2, 0) is 6.61 Å². The fourth-order valence-corrected chi connectivity index (χ4v) is 4.82. The Morgan fingerprint density at radius 3 is 2.50 bits per heavy atom. The third-order valence-electron chi connectivity index (χ3n) is 6.02. The van der Waals surface area contributed by atoms with E-state index in [2.05, 4.69) is 37.6 Å². The van der Waals surface area contributed by atoms with Crippen LogP contribution < -0.4 is 14.8 Å². The van der Waals surface area contributed by atoms with Gasteiger partial charge in [-0.25, -0.2) is 4.98 Å². The van der Waals surface area contributed by atoms with Crippen LogP contribution in [0.2, 0.25) is 0 Å². The van der Waals surface area contributed by atoms with E-state index in [0.717, 1.165) is 64.8 Å². The van der Waals surface area contributed by atoms with E-state index in [1.165, 1.54) is 0 Å². The molecule has 0 radical (unpaired) electrons. The highest BCUT2D eigenvalue weighted by Gasteiger charge is 2.23. The number of nitrogens with zero attached hydrogens (tertiary/aromatic N) is 2. The molecular weight excluding hydrogens is 446 g/mol. The lowest BCUT2D eigenvalue weighted by atomic mass is 10.1. The van der Waals surface area contributed by atoms with Crippen LogP contribution in [0, 0.1) is 6.92 Å². The SMILES string of the molecule is CCCCC(CC)NC(=O)c1cc(-c2csc(COc3ccc(OC)cc3)n2)n(C(C)C)c1C.